The first kappa shape index (κ1) is 15.5. The molecule has 0 heterocycles. The average molecular weight is 274 g/mol. The summed E-state index contributed by atoms with van der Waals surface area (Å²) in [6.07, 6.45) is 4.92. The number of benzene rings is 1. The summed E-state index contributed by atoms with van der Waals surface area (Å²) in [5.41, 5.74) is 5.97. The fourth-order valence-electron chi connectivity index (χ4n) is 1.47. The van der Waals surface area contributed by atoms with Gasteiger partial charge in [-0.25, -0.2) is 4.99 Å². The van der Waals surface area contributed by atoms with E-state index in [0.29, 0.717) is 17.4 Å². The van der Waals surface area contributed by atoms with Crippen molar-refractivity contribution in [1.29, 1.82) is 0 Å². The van der Waals surface area contributed by atoms with Crippen molar-refractivity contribution < 1.29 is 14.3 Å². The van der Waals surface area contributed by atoms with E-state index in [4.69, 9.17) is 15.2 Å². The van der Waals surface area contributed by atoms with E-state index < -0.39 is 5.91 Å². The number of carbonyl (C=O) groups is 1. The molecule has 1 aromatic carbocycles. The number of hydrogen-bond donors (Lipinski definition) is 1. The Labute approximate surface area is 118 Å². The molecule has 0 radical (unpaired) electrons. The predicted octanol–water partition coefficient (Wildman–Crippen LogP) is 2.36. The van der Waals surface area contributed by atoms with Gasteiger partial charge in [0.15, 0.2) is 6.61 Å². The second-order valence-corrected chi connectivity index (χ2v) is 3.99. The first-order chi connectivity index (χ1) is 9.55. The Balaban J connectivity index is 2.91. The molecule has 0 aliphatic carbocycles. The lowest BCUT2D eigenvalue weighted by Crippen LogP contribution is -2.20. The van der Waals surface area contributed by atoms with Gasteiger partial charge in [-0.2, -0.15) is 0 Å². The van der Waals surface area contributed by atoms with Gasteiger partial charge in [0.2, 0.25) is 5.90 Å². The van der Waals surface area contributed by atoms with E-state index in [1.165, 1.54) is 6.20 Å². The molecule has 1 amide bonds. The maximum Gasteiger partial charge on any atom is 0.255 e. The van der Waals surface area contributed by atoms with Gasteiger partial charge in [-0.3, -0.25) is 4.79 Å². The third kappa shape index (κ3) is 5.39. The van der Waals surface area contributed by atoms with Gasteiger partial charge < -0.3 is 15.2 Å². The van der Waals surface area contributed by atoms with Crippen LogP contribution in [0.4, 0.5) is 0 Å². The lowest BCUT2D eigenvalue weighted by Gasteiger charge is -2.09. The van der Waals surface area contributed by atoms with Crippen LogP contribution < -0.4 is 15.2 Å². The highest BCUT2D eigenvalue weighted by atomic mass is 16.5. The number of amides is 1. The second-order valence-electron chi connectivity index (χ2n) is 3.99. The second kappa shape index (κ2) is 7.78. The summed E-state index contributed by atoms with van der Waals surface area (Å²) < 4.78 is 10.9. The number of allylic oxidation sites excluding steroid dienone is 1. The van der Waals surface area contributed by atoms with Crippen molar-refractivity contribution in [3.05, 3.63) is 48.7 Å². The normalized spacial score (nSPS) is 11.4. The van der Waals surface area contributed by atoms with Crippen molar-refractivity contribution in [2.24, 2.45) is 10.7 Å². The van der Waals surface area contributed by atoms with Crippen LogP contribution in [-0.4, -0.2) is 18.4 Å². The van der Waals surface area contributed by atoms with Gasteiger partial charge in [0.25, 0.3) is 5.91 Å². The van der Waals surface area contributed by atoms with Crippen LogP contribution in [0.25, 0.3) is 0 Å². The number of hydrogen-bond acceptors (Lipinski definition) is 4. The molecule has 0 spiro atoms. The van der Waals surface area contributed by atoms with Crippen molar-refractivity contribution in [1.82, 2.24) is 0 Å². The molecule has 5 heteroatoms. The van der Waals surface area contributed by atoms with Crippen LogP contribution in [0.5, 0.6) is 11.5 Å². The van der Waals surface area contributed by atoms with Crippen molar-refractivity contribution >= 4 is 11.8 Å². The average Bonchev–Trinajstić information content (AvgIpc) is 2.36. The van der Waals surface area contributed by atoms with Crippen LogP contribution in [0.1, 0.15) is 12.5 Å². The molecule has 106 valence electrons. The number of nitrogens with two attached hydrogens (primary N) is 1. The summed E-state index contributed by atoms with van der Waals surface area (Å²) in [7, 11) is 0. The van der Waals surface area contributed by atoms with E-state index in [0.717, 1.165) is 5.56 Å². The summed E-state index contributed by atoms with van der Waals surface area (Å²) in [6.45, 7) is 7.11. The molecule has 0 aromatic heterocycles. The van der Waals surface area contributed by atoms with Crippen molar-refractivity contribution in [3.8, 4) is 11.5 Å². The molecule has 20 heavy (non-hydrogen) atoms. The van der Waals surface area contributed by atoms with Crippen LogP contribution in [0.3, 0.4) is 0 Å². The Morgan fingerprint density at radius 3 is 2.70 bits per heavy atom. The van der Waals surface area contributed by atoms with E-state index in [1.54, 1.807) is 18.2 Å². The van der Waals surface area contributed by atoms with Gasteiger partial charge in [-0.1, -0.05) is 12.7 Å². The van der Waals surface area contributed by atoms with Gasteiger partial charge >= 0.3 is 0 Å². The number of aryl methyl sites for hydroxylation is 1. The molecule has 0 saturated carbocycles. The smallest absolute Gasteiger partial charge is 0.255 e. The highest BCUT2D eigenvalue weighted by Crippen LogP contribution is 2.23. The first-order valence-electron chi connectivity index (χ1n) is 6.07. The van der Waals surface area contributed by atoms with E-state index in [1.807, 2.05) is 26.0 Å². The molecular formula is C15H18N2O3. The number of carbonyl (C=O) groups excluding carboxylic acids is 1. The maximum atomic E-state index is 10.7. The third-order valence-corrected chi connectivity index (χ3v) is 2.16. The summed E-state index contributed by atoms with van der Waals surface area (Å²) in [5, 5.41) is 0. The van der Waals surface area contributed by atoms with Crippen LogP contribution in [0, 0.1) is 6.92 Å². The highest BCUT2D eigenvalue weighted by molar-refractivity contribution is 5.89. The van der Waals surface area contributed by atoms with Gasteiger partial charge in [0, 0.05) is 12.3 Å². The molecular weight excluding hydrogens is 256 g/mol. The summed E-state index contributed by atoms with van der Waals surface area (Å²) in [5.74, 6) is 0.950. The molecule has 0 fully saturated rings. The van der Waals surface area contributed by atoms with Crippen molar-refractivity contribution in [3.63, 3.8) is 0 Å². The number of ether oxygens (including phenoxy) is 2. The minimum atomic E-state index is -0.531. The molecule has 0 atom stereocenters. The Bertz CT molecular complexity index is 548. The molecule has 5 nitrogen and oxygen atoms in total. The number of aliphatic imine (C=N–C) groups is 1. The minimum Gasteiger partial charge on any atom is -0.484 e. The topological polar surface area (TPSA) is 73.9 Å². The minimum absolute atomic E-state index is 0.175. The molecule has 1 aromatic rings. The summed E-state index contributed by atoms with van der Waals surface area (Å²) >= 11 is 0. The Morgan fingerprint density at radius 1 is 1.40 bits per heavy atom. The Kier molecular flexibility index (Phi) is 6.03. The monoisotopic (exact) mass is 274 g/mol. The molecule has 1 rings (SSSR count). The Hall–Kier alpha value is -2.56. The lowest BCUT2D eigenvalue weighted by atomic mass is 10.2. The van der Waals surface area contributed by atoms with Crippen molar-refractivity contribution in [2.45, 2.75) is 13.8 Å². The fraction of sp³-hybridized carbons (Fsp3) is 0.200. The van der Waals surface area contributed by atoms with Gasteiger partial charge in [-0.05, 0) is 37.6 Å². The summed E-state index contributed by atoms with van der Waals surface area (Å²) in [4.78, 5) is 14.7. The standard InChI is InChI=1S/C15H18N2O3/c1-4-6-15(17-5-2)20-13-8-11(3)7-12(9-13)19-10-14(16)18/h4-9H,2,10H2,1,3H3,(H2,16,18)/b6-4-,17-15?. The van der Waals surface area contributed by atoms with Crippen LogP contribution >= 0.6 is 0 Å². The van der Waals surface area contributed by atoms with Gasteiger partial charge in [0.1, 0.15) is 11.5 Å². The molecule has 2 N–H and O–H groups in total. The quantitative estimate of drug-likeness (QED) is 0.639. The zero-order valence-corrected chi connectivity index (χ0v) is 11.6. The SMILES string of the molecule is C=CN=C(/C=C\C)Oc1cc(C)cc(OCC(N)=O)c1. The molecule has 0 saturated heterocycles. The third-order valence-electron chi connectivity index (χ3n) is 2.16. The van der Waals surface area contributed by atoms with Crippen LogP contribution in [-0.2, 0) is 4.79 Å². The first-order valence-corrected chi connectivity index (χ1v) is 6.07. The molecule has 0 aliphatic rings. The van der Waals surface area contributed by atoms with Crippen LogP contribution in [0.15, 0.2) is 48.1 Å². The molecule has 0 aliphatic heterocycles. The van der Waals surface area contributed by atoms with E-state index in [9.17, 15) is 4.79 Å². The summed E-state index contributed by atoms with van der Waals surface area (Å²) in [6, 6.07) is 5.28. The zero-order chi connectivity index (χ0) is 15.0. The van der Waals surface area contributed by atoms with E-state index in [-0.39, 0.29) is 6.61 Å². The molecule has 0 bridgehead atoms. The largest absolute Gasteiger partial charge is 0.484 e. The predicted molar refractivity (Wildman–Crippen MR) is 78.9 cm³/mol. The lowest BCUT2D eigenvalue weighted by molar-refractivity contribution is -0.119. The van der Waals surface area contributed by atoms with Gasteiger partial charge in [0.05, 0.1) is 0 Å². The highest BCUT2D eigenvalue weighted by Gasteiger charge is 2.04. The van der Waals surface area contributed by atoms with Crippen LogP contribution in [0.2, 0.25) is 0 Å². The van der Waals surface area contributed by atoms with Crippen molar-refractivity contribution in [2.75, 3.05) is 6.61 Å². The Morgan fingerprint density at radius 2 is 2.10 bits per heavy atom. The number of nitrogens with zero attached hydrogens (tertiary/aromatic N) is 1. The zero-order valence-electron chi connectivity index (χ0n) is 11.6. The van der Waals surface area contributed by atoms with Gasteiger partial charge in [-0.15, -0.1) is 0 Å². The van der Waals surface area contributed by atoms with E-state index in [2.05, 4.69) is 11.6 Å². The number of rotatable bonds is 6. The fourth-order valence-corrected chi connectivity index (χ4v) is 1.47. The van der Waals surface area contributed by atoms with E-state index >= 15 is 0 Å². The maximum absolute atomic E-state index is 10.7. The molecule has 0 unspecified atom stereocenters. The number of primary amides is 1.